The molecule has 0 spiro atoms. The Morgan fingerprint density at radius 1 is 1.00 bits per heavy atom. The predicted molar refractivity (Wildman–Crippen MR) is 112 cm³/mol. The molecule has 0 radical (unpaired) electrons. The second-order valence-electron chi connectivity index (χ2n) is 8.99. The Bertz CT molecular complexity index is 539. The first kappa shape index (κ1) is 20.5. The molecule has 1 heterocycles. The molecule has 0 bridgehead atoms. The van der Waals surface area contributed by atoms with Gasteiger partial charge in [0.15, 0.2) is 0 Å². The van der Waals surface area contributed by atoms with Gasteiger partial charge in [0.05, 0.1) is 0 Å². The van der Waals surface area contributed by atoms with Gasteiger partial charge in [0.1, 0.15) is 0 Å². The average Bonchev–Trinajstić information content (AvgIpc) is 2.84. The first-order valence-corrected chi connectivity index (χ1v) is 12.5. The average molecular weight is 421 g/mol. The van der Waals surface area contributed by atoms with E-state index in [2.05, 4.69) is 58.0 Å². The van der Waals surface area contributed by atoms with E-state index in [9.17, 15) is 0 Å². The van der Waals surface area contributed by atoms with Crippen molar-refractivity contribution in [3.8, 4) is 0 Å². The predicted octanol–water partition coefficient (Wildman–Crippen LogP) is 5.26. The topological polar surface area (TPSA) is 18.5 Å². The van der Waals surface area contributed by atoms with E-state index in [0.29, 0.717) is 20.8 Å². The van der Waals surface area contributed by atoms with E-state index < -0.39 is 0 Å². The van der Waals surface area contributed by atoms with Crippen LogP contribution in [-0.2, 0) is 9.31 Å². The molecular weight excluding hydrogens is 386 g/mol. The third-order valence-electron chi connectivity index (χ3n) is 6.57. The third kappa shape index (κ3) is 4.95. The summed E-state index contributed by atoms with van der Waals surface area (Å²) in [7, 11) is -0.0210. The molecule has 1 saturated carbocycles. The normalized spacial score (nSPS) is 23.9. The quantitative estimate of drug-likeness (QED) is 0.442. The van der Waals surface area contributed by atoms with Crippen LogP contribution in [0.5, 0.6) is 0 Å². The summed E-state index contributed by atoms with van der Waals surface area (Å²) in [4.78, 5) is 0. The maximum atomic E-state index is 6.48. The van der Waals surface area contributed by atoms with Gasteiger partial charge in [0.2, 0.25) is 0 Å². The fourth-order valence-electron chi connectivity index (χ4n) is 4.25. The summed E-state index contributed by atoms with van der Waals surface area (Å²) in [5.74, 6) is 1.34. The Kier molecular flexibility index (Phi) is 6.94. The van der Waals surface area contributed by atoms with Crippen LogP contribution in [0.15, 0.2) is 30.3 Å². The van der Waals surface area contributed by atoms with Gasteiger partial charge in [-0.1, -0.05) is 0 Å². The zero-order valence-corrected chi connectivity index (χ0v) is 18.7. The minimum absolute atomic E-state index is 0.0210. The van der Waals surface area contributed by atoms with Crippen molar-refractivity contribution < 1.29 is 9.31 Å². The van der Waals surface area contributed by atoms with Crippen molar-refractivity contribution >= 4 is 26.5 Å². The Labute approximate surface area is 167 Å². The van der Waals surface area contributed by atoms with Crippen molar-refractivity contribution in [1.29, 1.82) is 0 Å². The molecule has 26 heavy (non-hydrogen) atoms. The van der Waals surface area contributed by atoms with E-state index in [1.807, 2.05) is 0 Å². The van der Waals surface area contributed by atoms with Crippen LogP contribution in [-0.4, -0.2) is 33.3 Å². The van der Waals surface area contributed by atoms with E-state index in [0.717, 1.165) is 5.92 Å². The molecule has 1 unspecified atom stereocenters. The molecule has 0 aromatic heterocycles. The Morgan fingerprint density at radius 3 is 2.23 bits per heavy atom. The van der Waals surface area contributed by atoms with Gasteiger partial charge < -0.3 is 0 Å². The van der Waals surface area contributed by atoms with Gasteiger partial charge in [-0.2, -0.15) is 0 Å². The fourth-order valence-corrected chi connectivity index (χ4v) is 6.13. The molecular formula is C22H35BO2Se. The first-order chi connectivity index (χ1) is 12.4. The molecule has 3 rings (SSSR count). The van der Waals surface area contributed by atoms with E-state index in [1.54, 1.807) is 0 Å². The molecule has 1 saturated heterocycles. The van der Waals surface area contributed by atoms with Crippen LogP contribution in [0, 0.1) is 5.92 Å². The molecule has 2 fully saturated rings. The van der Waals surface area contributed by atoms with Crippen LogP contribution >= 0.6 is 0 Å². The summed E-state index contributed by atoms with van der Waals surface area (Å²) < 4.78 is 14.5. The van der Waals surface area contributed by atoms with Crippen LogP contribution < -0.4 is 4.46 Å². The third-order valence-corrected chi connectivity index (χ3v) is 8.87. The molecule has 2 aliphatic rings. The molecule has 1 atom stereocenters. The van der Waals surface area contributed by atoms with Crippen LogP contribution in [0.3, 0.4) is 0 Å². The standard InChI is InChI=1S/C22H35BO2Se/c1-21(2)22(3,4)25-23(24-21)20(18-12-7-5-8-13-18)16-11-17-26-19-14-9-6-10-15-19/h6,9-10,14-15,18,20H,5,7-8,11-13,16-17H2,1-4H3. The van der Waals surface area contributed by atoms with Crippen LogP contribution in [0.4, 0.5) is 0 Å². The number of rotatable bonds is 7. The molecule has 1 aromatic carbocycles. The summed E-state index contributed by atoms with van der Waals surface area (Å²) in [5.41, 5.74) is -0.420. The van der Waals surface area contributed by atoms with Gasteiger partial charge in [0.25, 0.3) is 0 Å². The minimum atomic E-state index is -0.210. The Hall–Kier alpha value is -0.276. The molecule has 0 amide bonds. The summed E-state index contributed by atoms with van der Waals surface area (Å²) >= 11 is 0.592. The maximum absolute atomic E-state index is 6.48. The van der Waals surface area contributed by atoms with Crippen molar-refractivity contribution in [3.05, 3.63) is 30.3 Å². The number of hydrogen-bond donors (Lipinski definition) is 0. The van der Waals surface area contributed by atoms with Gasteiger partial charge in [0, 0.05) is 0 Å². The summed E-state index contributed by atoms with van der Waals surface area (Å²) in [6.07, 6.45) is 9.43. The van der Waals surface area contributed by atoms with Gasteiger partial charge >= 0.3 is 167 Å². The summed E-state index contributed by atoms with van der Waals surface area (Å²) in [6.45, 7) is 8.74. The van der Waals surface area contributed by atoms with E-state index in [-0.39, 0.29) is 18.3 Å². The molecule has 2 nitrogen and oxygen atoms in total. The van der Waals surface area contributed by atoms with Crippen molar-refractivity contribution in [3.63, 3.8) is 0 Å². The van der Waals surface area contributed by atoms with Gasteiger partial charge in [-0.05, 0) is 0 Å². The summed E-state index contributed by atoms with van der Waals surface area (Å²) in [6, 6.07) is 11.0. The van der Waals surface area contributed by atoms with Crippen LogP contribution in [0.25, 0.3) is 0 Å². The Morgan fingerprint density at radius 2 is 1.62 bits per heavy atom. The van der Waals surface area contributed by atoms with Crippen molar-refractivity contribution in [2.24, 2.45) is 5.92 Å². The van der Waals surface area contributed by atoms with Crippen LogP contribution in [0.1, 0.15) is 72.6 Å². The van der Waals surface area contributed by atoms with Crippen molar-refractivity contribution in [1.82, 2.24) is 0 Å². The first-order valence-electron chi connectivity index (χ1n) is 10.4. The van der Waals surface area contributed by atoms with Crippen molar-refractivity contribution in [2.75, 3.05) is 0 Å². The summed E-state index contributed by atoms with van der Waals surface area (Å²) in [5, 5.41) is 1.32. The van der Waals surface area contributed by atoms with E-state index in [1.165, 1.54) is 54.7 Å². The second kappa shape index (κ2) is 8.82. The molecule has 4 heteroatoms. The molecule has 1 aliphatic carbocycles. The molecule has 0 N–H and O–H groups in total. The van der Waals surface area contributed by atoms with Gasteiger partial charge in [-0.15, -0.1) is 0 Å². The monoisotopic (exact) mass is 422 g/mol. The molecule has 144 valence electrons. The van der Waals surface area contributed by atoms with E-state index >= 15 is 0 Å². The SMILES string of the molecule is CC1(C)OB(C(CCC[Se]c2ccccc2)C2CCCCC2)OC1(C)C. The number of hydrogen-bond acceptors (Lipinski definition) is 2. The Balaban J connectivity index is 1.59. The fraction of sp³-hybridized carbons (Fsp3) is 0.727. The van der Waals surface area contributed by atoms with Gasteiger partial charge in [-0.3, -0.25) is 0 Å². The van der Waals surface area contributed by atoms with Crippen molar-refractivity contribution in [2.45, 2.75) is 95.0 Å². The molecule has 1 aliphatic heterocycles. The van der Waals surface area contributed by atoms with Gasteiger partial charge in [-0.25, -0.2) is 0 Å². The number of benzene rings is 1. The molecule has 1 aromatic rings. The zero-order valence-electron chi connectivity index (χ0n) is 17.0. The van der Waals surface area contributed by atoms with E-state index in [4.69, 9.17) is 9.31 Å². The second-order valence-corrected chi connectivity index (χ2v) is 11.4. The zero-order chi connectivity index (χ0) is 18.6. The van der Waals surface area contributed by atoms with Crippen LogP contribution in [0.2, 0.25) is 11.1 Å².